The lowest BCUT2D eigenvalue weighted by Crippen LogP contribution is -2.30. The van der Waals surface area contributed by atoms with Crippen molar-refractivity contribution in [3.05, 3.63) is 97.5 Å². The Morgan fingerprint density at radius 2 is 1.85 bits per heavy atom. The number of nitrogens with zero attached hydrogens (tertiary/aromatic N) is 3. The summed E-state index contributed by atoms with van der Waals surface area (Å²) in [6.07, 6.45) is 3.89. The molecule has 33 heavy (non-hydrogen) atoms. The first-order chi connectivity index (χ1) is 15.8. The fourth-order valence-corrected chi connectivity index (χ4v) is 3.34. The predicted molar refractivity (Wildman–Crippen MR) is 121 cm³/mol. The summed E-state index contributed by atoms with van der Waals surface area (Å²) in [6, 6.07) is 10.1. The summed E-state index contributed by atoms with van der Waals surface area (Å²) >= 11 is 12.6. The molecular weight excluding hydrogens is 473 g/mol. The van der Waals surface area contributed by atoms with E-state index in [9.17, 15) is 19.5 Å². The molecule has 3 N–H and O–H groups in total. The van der Waals surface area contributed by atoms with Crippen molar-refractivity contribution in [1.82, 2.24) is 19.7 Å². The van der Waals surface area contributed by atoms with Crippen LogP contribution in [0.1, 0.15) is 10.4 Å². The third-order valence-electron chi connectivity index (χ3n) is 4.29. The van der Waals surface area contributed by atoms with Crippen LogP contribution >= 0.6 is 23.2 Å². The average molecular weight is 486 g/mol. The molecule has 166 valence electrons. The topological polar surface area (TPSA) is 139 Å². The van der Waals surface area contributed by atoms with Gasteiger partial charge in [0.15, 0.2) is 17.2 Å². The highest BCUT2D eigenvalue weighted by atomic mass is 35.5. The number of nitrogens with one attached hydrogen (secondary N) is 2. The SMILES string of the molecule is O=C(Nc1ccc(O)c(Oc2c(Cl)cc(-n3ncc(=O)[nH]c3=O)cc2Cl)c1)c1cccnc1. The molecular formula is C21H13Cl2N5O5. The molecule has 0 saturated heterocycles. The Morgan fingerprint density at radius 3 is 2.52 bits per heavy atom. The number of anilines is 1. The van der Waals surface area contributed by atoms with Crippen LogP contribution in [0.4, 0.5) is 5.69 Å². The molecule has 0 unspecified atom stereocenters. The summed E-state index contributed by atoms with van der Waals surface area (Å²) in [6.45, 7) is 0. The van der Waals surface area contributed by atoms with Crippen LogP contribution in [-0.2, 0) is 0 Å². The van der Waals surface area contributed by atoms with Crippen molar-refractivity contribution in [1.29, 1.82) is 0 Å². The predicted octanol–water partition coefficient (Wildman–Crippen LogP) is 3.37. The highest BCUT2D eigenvalue weighted by Gasteiger charge is 2.16. The quantitative estimate of drug-likeness (QED) is 0.368. The number of carbonyl (C=O) groups is 1. The molecule has 12 heteroatoms. The lowest BCUT2D eigenvalue weighted by atomic mass is 10.2. The Labute approximate surface area is 195 Å². The van der Waals surface area contributed by atoms with Gasteiger partial charge in [-0.2, -0.15) is 9.78 Å². The number of H-pyrrole nitrogens is 1. The molecule has 4 rings (SSSR count). The number of benzene rings is 2. The highest BCUT2D eigenvalue weighted by Crippen LogP contribution is 2.41. The molecule has 0 spiro atoms. The number of amides is 1. The maximum atomic E-state index is 12.3. The minimum atomic E-state index is -0.780. The van der Waals surface area contributed by atoms with Crippen LogP contribution in [0.25, 0.3) is 5.69 Å². The van der Waals surface area contributed by atoms with Gasteiger partial charge in [0.25, 0.3) is 11.5 Å². The molecule has 0 aliphatic rings. The van der Waals surface area contributed by atoms with Crippen LogP contribution < -0.4 is 21.3 Å². The van der Waals surface area contributed by atoms with Crippen LogP contribution in [0, 0.1) is 0 Å². The van der Waals surface area contributed by atoms with E-state index < -0.39 is 17.2 Å². The van der Waals surface area contributed by atoms with Crippen LogP contribution in [0.3, 0.4) is 0 Å². The van der Waals surface area contributed by atoms with Crippen molar-refractivity contribution >= 4 is 34.8 Å². The lowest BCUT2D eigenvalue weighted by molar-refractivity contribution is 0.102. The summed E-state index contributed by atoms with van der Waals surface area (Å²) in [5.74, 6) is -0.677. The van der Waals surface area contributed by atoms with Crippen LogP contribution in [0.5, 0.6) is 17.2 Å². The zero-order valence-corrected chi connectivity index (χ0v) is 18.0. The first-order valence-electron chi connectivity index (χ1n) is 9.22. The van der Waals surface area contributed by atoms with Gasteiger partial charge < -0.3 is 15.2 Å². The van der Waals surface area contributed by atoms with E-state index in [0.29, 0.717) is 11.3 Å². The fourth-order valence-electron chi connectivity index (χ4n) is 2.79. The van der Waals surface area contributed by atoms with E-state index in [1.54, 1.807) is 18.3 Å². The molecule has 4 aromatic rings. The smallest absolute Gasteiger partial charge is 0.349 e. The van der Waals surface area contributed by atoms with Gasteiger partial charge in [0.2, 0.25) is 0 Å². The van der Waals surface area contributed by atoms with Gasteiger partial charge in [-0.25, -0.2) is 4.79 Å². The number of pyridine rings is 1. The maximum Gasteiger partial charge on any atom is 0.349 e. The number of aromatic nitrogens is 4. The standard InChI is InChI=1S/C21H13Cl2N5O5/c22-14-7-13(28-21(32)27-18(30)10-25-28)8-15(23)19(14)33-17-6-12(3-4-16(17)29)26-20(31)11-2-1-5-24-9-11/h1-10,29H,(H,26,31)(H,27,30,32). The summed E-state index contributed by atoms with van der Waals surface area (Å²) in [5.41, 5.74) is -0.567. The van der Waals surface area contributed by atoms with E-state index in [-0.39, 0.29) is 33.0 Å². The molecule has 1 amide bonds. The molecule has 0 saturated carbocycles. The molecule has 10 nitrogen and oxygen atoms in total. The normalized spacial score (nSPS) is 10.6. The van der Waals surface area contributed by atoms with Crippen molar-refractivity contribution in [2.45, 2.75) is 0 Å². The number of hydrogen-bond acceptors (Lipinski definition) is 7. The van der Waals surface area contributed by atoms with Gasteiger partial charge in [-0.05, 0) is 36.4 Å². The second-order valence-corrected chi connectivity index (χ2v) is 7.38. The van der Waals surface area contributed by atoms with Crippen LogP contribution in [-0.4, -0.2) is 30.8 Å². The van der Waals surface area contributed by atoms with E-state index in [1.165, 1.54) is 36.5 Å². The van der Waals surface area contributed by atoms with Gasteiger partial charge in [0.05, 0.1) is 21.3 Å². The molecule has 0 aliphatic carbocycles. The van der Waals surface area contributed by atoms with Crippen molar-refractivity contribution in [2.75, 3.05) is 5.32 Å². The molecule has 0 atom stereocenters. The molecule has 2 aromatic carbocycles. The van der Waals surface area contributed by atoms with E-state index in [0.717, 1.165) is 10.9 Å². The van der Waals surface area contributed by atoms with Crippen molar-refractivity contribution < 1.29 is 14.6 Å². The summed E-state index contributed by atoms with van der Waals surface area (Å²) < 4.78 is 6.59. The van der Waals surface area contributed by atoms with Gasteiger partial charge in [0, 0.05) is 24.1 Å². The van der Waals surface area contributed by atoms with Crippen LogP contribution in [0.2, 0.25) is 10.0 Å². The number of aromatic hydroxyl groups is 1. The molecule has 2 aromatic heterocycles. The molecule has 2 heterocycles. The molecule has 0 radical (unpaired) electrons. The Balaban J connectivity index is 1.62. The molecule has 0 aliphatic heterocycles. The number of hydrogen-bond donors (Lipinski definition) is 3. The zero-order valence-electron chi connectivity index (χ0n) is 16.5. The monoisotopic (exact) mass is 485 g/mol. The van der Waals surface area contributed by atoms with E-state index in [4.69, 9.17) is 27.9 Å². The number of halogens is 2. The Kier molecular flexibility index (Phi) is 6.11. The van der Waals surface area contributed by atoms with Gasteiger partial charge in [-0.15, -0.1) is 0 Å². The van der Waals surface area contributed by atoms with E-state index in [1.807, 2.05) is 0 Å². The Bertz CT molecular complexity index is 1450. The first-order valence-corrected chi connectivity index (χ1v) is 9.98. The maximum absolute atomic E-state index is 12.3. The number of aromatic amines is 1. The van der Waals surface area contributed by atoms with Gasteiger partial charge >= 0.3 is 5.69 Å². The molecule has 0 fully saturated rings. The number of carbonyl (C=O) groups excluding carboxylic acids is 1. The highest BCUT2D eigenvalue weighted by molar-refractivity contribution is 6.37. The lowest BCUT2D eigenvalue weighted by Gasteiger charge is -2.14. The largest absolute Gasteiger partial charge is 0.504 e. The first kappa shape index (κ1) is 22.1. The number of ether oxygens (including phenoxy) is 1. The Morgan fingerprint density at radius 1 is 1.09 bits per heavy atom. The van der Waals surface area contributed by atoms with Crippen molar-refractivity contribution in [3.63, 3.8) is 0 Å². The van der Waals surface area contributed by atoms with Gasteiger partial charge in [-0.1, -0.05) is 23.2 Å². The summed E-state index contributed by atoms with van der Waals surface area (Å²) in [4.78, 5) is 41.5. The van der Waals surface area contributed by atoms with E-state index >= 15 is 0 Å². The average Bonchev–Trinajstić information content (AvgIpc) is 2.78. The number of rotatable bonds is 5. The minimum Gasteiger partial charge on any atom is -0.504 e. The van der Waals surface area contributed by atoms with Gasteiger partial charge in [0.1, 0.15) is 6.20 Å². The summed E-state index contributed by atoms with van der Waals surface area (Å²) in [5, 5.41) is 16.6. The second kappa shape index (κ2) is 9.15. The third kappa shape index (κ3) is 4.86. The van der Waals surface area contributed by atoms with Crippen molar-refractivity contribution in [2.24, 2.45) is 0 Å². The minimum absolute atomic E-state index is 0.00148. The zero-order chi connectivity index (χ0) is 23.5. The van der Waals surface area contributed by atoms with Crippen LogP contribution in [0.15, 0.2) is 70.6 Å². The number of phenolic OH excluding ortho intramolecular Hbond substituents is 1. The Hall–Kier alpha value is -4.15. The second-order valence-electron chi connectivity index (χ2n) is 6.57. The van der Waals surface area contributed by atoms with Crippen molar-refractivity contribution in [3.8, 4) is 22.9 Å². The van der Waals surface area contributed by atoms with E-state index in [2.05, 4.69) is 20.4 Å². The fraction of sp³-hybridized carbons (Fsp3) is 0. The summed E-state index contributed by atoms with van der Waals surface area (Å²) in [7, 11) is 0. The third-order valence-corrected chi connectivity index (χ3v) is 4.86. The number of phenols is 1. The molecule has 0 bridgehead atoms. The van der Waals surface area contributed by atoms with Gasteiger partial charge in [-0.3, -0.25) is 19.6 Å².